The summed E-state index contributed by atoms with van der Waals surface area (Å²) in [5.74, 6) is 1.95. The highest BCUT2D eigenvalue weighted by molar-refractivity contribution is 5.34. The number of ether oxygens (including phenoxy) is 1. The second-order valence-electron chi connectivity index (χ2n) is 6.45. The minimum absolute atomic E-state index is 0.208. The molecule has 2 fully saturated rings. The predicted molar refractivity (Wildman–Crippen MR) is 90.9 cm³/mol. The van der Waals surface area contributed by atoms with Gasteiger partial charge in [-0.15, -0.1) is 0 Å². The van der Waals surface area contributed by atoms with Crippen LogP contribution >= 0.6 is 0 Å². The molecule has 24 heavy (non-hydrogen) atoms. The van der Waals surface area contributed by atoms with Crippen molar-refractivity contribution in [2.75, 3.05) is 29.9 Å². The number of anilines is 2. The molecule has 0 aromatic carbocycles. The lowest BCUT2D eigenvalue weighted by Gasteiger charge is -2.39. The van der Waals surface area contributed by atoms with Gasteiger partial charge in [0.25, 0.3) is 0 Å². The van der Waals surface area contributed by atoms with Crippen LogP contribution < -0.4 is 10.2 Å². The SMILES string of the molecule is Cc1cnc(N2CCO[C@@H]3C(CNc4ncccn4)CC[C@H]32)nc1. The standard InChI is InChI=1S/C17H22N6O/c1-12-9-21-17(22-10-12)23-7-8-24-15-13(3-4-14(15)23)11-20-16-18-5-2-6-19-16/h2,5-6,9-10,13-15H,3-4,7-8,11H2,1H3,(H,18,19,20)/t13?,14-,15-/m1/s1. The Kier molecular flexibility index (Phi) is 4.25. The van der Waals surface area contributed by atoms with E-state index in [4.69, 9.17) is 4.74 Å². The number of hydrogen-bond donors (Lipinski definition) is 1. The zero-order chi connectivity index (χ0) is 16.4. The maximum Gasteiger partial charge on any atom is 0.225 e. The van der Waals surface area contributed by atoms with Crippen molar-refractivity contribution in [2.24, 2.45) is 5.92 Å². The van der Waals surface area contributed by atoms with E-state index in [9.17, 15) is 0 Å². The van der Waals surface area contributed by atoms with Gasteiger partial charge in [-0.3, -0.25) is 0 Å². The third-order valence-corrected chi connectivity index (χ3v) is 4.83. The summed E-state index contributed by atoms with van der Waals surface area (Å²) in [5.41, 5.74) is 1.08. The second kappa shape index (κ2) is 6.68. The van der Waals surface area contributed by atoms with Gasteiger partial charge >= 0.3 is 0 Å². The number of morpholine rings is 1. The smallest absolute Gasteiger partial charge is 0.225 e. The summed E-state index contributed by atoms with van der Waals surface area (Å²) in [6, 6.07) is 2.17. The first-order valence-electron chi connectivity index (χ1n) is 8.49. The monoisotopic (exact) mass is 326 g/mol. The van der Waals surface area contributed by atoms with Gasteiger partial charge in [0.2, 0.25) is 11.9 Å². The molecule has 2 aromatic heterocycles. The molecule has 1 N–H and O–H groups in total. The van der Waals surface area contributed by atoms with Crippen molar-refractivity contribution in [3.05, 3.63) is 36.4 Å². The summed E-state index contributed by atoms with van der Waals surface area (Å²) >= 11 is 0. The first-order chi connectivity index (χ1) is 11.8. The van der Waals surface area contributed by atoms with Gasteiger partial charge in [-0.25, -0.2) is 19.9 Å². The van der Waals surface area contributed by atoms with Crippen LogP contribution in [0.5, 0.6) is 0 Å². The van der Waals surface area contributed by atoms with E-state index >= 15 is 0 Å². The van der Waals surface area contributed by atoms with E-state index in [2.05, 4.69) is 30.2 Å². The molecule has 7 nitrogen and oxygen atoms in total. The Morgan fingerprint density at radius 2 is 1.96 bits per heavy atom. The maximum absolute atomic E-state index is 6.10. The zero-order valence-electron chi connectivity index (χ0n) is 13.8. The minimum Gasteiger partial charge on any atom is -0.374 e. The molecule has 3 atom stereocenters. The van der Waals surface area contributed by atoms with E-state index in [1.165, 1.54) is 0 Å². The average Bonchev–Trinajstić information content (AvgIpc) is 3.05. The lowest BCUT2D eigenvalue weighted by Crippen LogP contribution is -2.51. The van der Waals surface area contributed by atoms with Crippen LogP contribution in [0.2, 0.25) is 0 Å². The van der Waals surface area contributed by atoms with Gasteiger partial charge in [-0.05, 0) is 31.4 Å². The molecule has 2 aliphatic rings. The number of nitrogens with one attached hydrogen (secondary N) is 1. The van der Waals surface area contributed by atoms with Gasteiger partial charge in [0.1, 0.15) is 0 Å². The largest absolute Gasteiger partial charge is 0.374 e. The Balaban J connectivity index is 1.43. The Bertz CT molecular complexity index is 665. The molecule has 0 amide bonds. The van der Waals surface area contributed by atoms with Crippen LogP contribution in [-0.2, 0) is 4.74 Å². The number of rotatable bonds is 4. The molecule has 1 unspecified atom stereocenters. The van der Waals surface area contributed by atoms with Crippen molar-refractivity contribution in [3.8, 4) is 0 Å². The van der Waals surface area contributed by atoms with Crippen LogP contribution in [-0.4, -0.2) is 51.8 Å². The van der Waals surface area contributed by atoms with Gasteiger partial charge < -0.3 is 15.0 Å². The van der Waals surface area contributed by atoms with Crippen LogP contribution in [0.3, 0.4) is 0 Å². The summed E-state index contributed by atoms with van der Waals surface area (Å²) in [6.45, 7) is 4.41. The second-order valence-corrected chi connectivity index (χ2v) is 6.45. The molecule has 7 heteroatoms. The lowest BCUT2D eigenvalue weighted by molar-refractivity contribution is 0.000779. The first-order valence-corrected chi connectivity index (χ1v) is 8.49. The molecular formula is C17H22N6O. The molecule has 0 radical (unpaired) electrons. The molecule has 2 aromatic rings. The first kappa shape index (κ1) is 15.3. The van der Waals surface area contributed by atoms with Gasteiger partial charge in [0.15, 0.2) is 0 Å². The topological polar surface area (TPSA) is 76.1 Å². The number of fused-ring (bicyclic) bond motifs is 1. The highest BCUT2D eigenvalue weighted by atomic mass is 16.5. The van der Waals surface area contributed by atoms with Crippen LogP contribution in [0.25, 0.3) is 0 Å². The Hall–Kier alpha value is -2.28. The number of nitrogens with zero attached hydrogens (tertiary/aromatic N) is 5. The fourth-order valence-electron chi connectivity index (χ4n) is 3.67. The van der Waals surface area contributed by atoms with Gasteiger partial charge in [0.05, 0.1) is 18.8 Å². The lowest BCUT2D eigenvalue weighted by atomic mass is 10.0. The zero-order valence-corrected chi connectivity index (χ0v) is 13.8. The van der Waals surface area contributed by atoms with Crippen molar-refractivity contribution in [2.45, 2.75) is 31.9 Å². The van der Waals surface area contributed by atoms with Crippen molar-refractivity contribution in [1.29, 1.82) is 0 Å². The molecule has 1 saturated heterocycles. The van der Waals surface area contributed by atoms with E-state index in [-0.39, 0.29) is 6.10 Å². The van der Waals surface area contributed by atoms with Crippen LogP contribution in [0.15, 0.2) is 30.9 Å². The number of hydrogen-bond acceptors (Lipinski definition) is 7. The third-order valence-electron chi connectivity index (χ3n) is 4.83. The van der Waals surface area contributed by atoms with E-state index < -0.39 is 0 Å². The highest BCUT2D eigenvalue weighted by Crippen LogP contribution is 2.36. The normalized spacial score (nSPS) is 26.2. The third kappa shape index (κ3) is 3.03. The Morgan fingerprint density at radius 3 is 2.75 bits per heavy atom. The molecule has 0 spiro atoms. The van der Waals surface area contributed by atoms with E-state index in [1.54, 1.807) is 12.4 Å². The summed E-state index contributed by atoms with van der Waals surface area (Å²) < 4.78 is 6.10. The number of aryl methyl sites for hydroxylation is 1. The molecular weight excluding hydrogens is 304 g/mol. The molecule has 0 bridgehead atoms. The fraction of sp³-hybridized carbons (Fsp3) is 0.529. The Labute approximate surface area is 141 Å². The Morgan fingerprint density at radius 1 is 1.17 bits per heavy atom. The van der Waals surface area contributed by atoms with Crippen molar-refractivity contribution in [3.63, 3.8) is 0 Å². The highest BCUT2D eigenvalue weighted by Gasteiger charge is 2.43. The predicted octanol–water partition coefficient (Wildman–Crippen LogP) is 1.67. The quantitative estimate of drug-likeness (QED) is 0.916. The van der Waals surface area contributed by atoms with Crippen molar-refractivity contribution in [1.82, 2.24) is 19.9 Å². The molecule has 1 saturated carbocycles. The van der Waals surface area contributed by atoms with Crippen LogP contribution in [0.1, 0.15) is 18.4 Å². The average molecular weight is 326 g/mol. The van der Waals surface area contributed by atoms with Gasteiger partial charge in [-0.2, -0.15) is 0 Å². The van der Waals surface area contributed by atoms with E-state index in [0.29, 0.717) is 17.9 Å². The molecule has 3 heterocycles. The van der Waals surface area contributed by atoms with Crippen molar-refractivity contribution < 1.29 is 4.74 Å². The van der Waals surface area contributed by atoms with Crippen molar-refractivity contribution >= 4 is 11.9 Å². The molecule has 126 valence electrons. The number of aromatic nitrogens is 4. The van der Waals surface area contributed by atoms with E-state index in [0.717, 1.165) is 44.0 Å². The summed E-state index contributed by atoms with van der Waals surface area (Å²) in [5, 5.41) is 3.33. The molecule has 4 rings (SSSR count). The van der Waals surface area contributed by atoms with Crippen LogP contribution in [0, 0.1) is 12.8 Å². The summed E-state index contributed by atoms with van der Waals surface area (Å²) in [7, 11) is 0. The van der Waals surface area contributed by atoms with Gasteiger partial charge in [0, 0.05) is 43.8 Å². The summed E-state index contributed by atoms with van der Waals surface area (Å²) in [6.07, 6.45) is 9.70. The van der Waals surface area contributed by atoms with Gasteiger partial charge in [-0.1, -0.05) is 0 Å². The van der Waals surface area contributed by atoms with E-state index in [1.807, 2.05) is 25.4 Å². The summed E-state index contributed by atoms with van der Waals surface area (Å²) in [4.78, 5) is 19.8. The maximum atomic E-state index is 6.10. The fourth-order valence-corrected chi connectivity index (χ4v) is 3.67. The van der Waals surface area contributed by atoms with Crippen LogP contribution in [0.4, 0.5) is 11.9 Å². The molecule has 1 aliphatic carbocycles. The molecule has 1 aliphatic heterocycles. The minimum atomic E-state index is 0.208.